The molecule has 6 heteroatoms. The van der Waals surface area contributed by atoms with Crippen molar-refractivity contribution < 1.29 is 9.21 Å². The van der Waals surface area contributed by atoms with Crippen molar-refractivity contribution >= 4 is 17.7 Å². The molecule has 4 aliphatic rings. The molecule has 1 N–H and O–H groups in total. The molecule has 1 heterocycles. The standard InChI is InChI=1S/C24H31N3O2S/c1-16(20-5-3-2-4-6-20)7-22-26-27-23(29-22)30-14-21(28)25-15-24-11-17-8-18(12-24)10-19(9-17)13-24/h2-6,16-19H,7-15H2,1H3,(H,25,28)/t16-,17?,18?,19?,24?/m1/s1. The molecule has 4 fully saturated rings. The van der Waals surface area contributed by atoms with E-state index in [2.05, 4.69) is 34.6 Å². The Morgan fingerprint density at radius 1 is 1.13 bits per heavy atom. The van der Waals surface area contributed by atoms with Crippen LogP contribution in [0.15, 0.2) is 40.0 Å². The minimum Gasteiger partial charge on any atom is -0.416 e. The van der Waals surface area contributed by atoms with Gasteiger partial charge in [0.25, 0.3) is 5.22 Å². The highest BCUT2D eigenvalue weighted by molar-refractivity contribution is 7.99. The fourth-order valence-corrected chi connectivity index (χ4v) is 7.12. The van der Waals surface area contributed by atoms with E-state index in [4.69, 9.17) is 4.42 Å². The van der Waals surface area contributed by atoms with Gasteiger partial charge in [-0.05, 0) is 73.2 Å². The highest BCUT2D eigenvalue weighted by atomic mass is 32.2. The van der Waals surface area contributed by atoms with Gasteiger partial charge in [-0.1, -0.05) is 49.0 Å². The number of rotatable bonds is 8. The predicted molar refractivity (Wildman–Crippen MR) is 117 cm³/mol. The topological polar surface area (TPSA) is 68.0 Å². The Balaban J connectivity index is 1.08. The van der Waals surface area contributed by atoms with Gasteiger partial charge in [0.1, 0.15) is 0 Å². The average molecular weight is 426 g/mol. The second kappa shape index (κ2) is 8.37. The molecule has 0 saturated heterocycles. The fraction of sp³-hybridized carbons (Fsp3) is 0.625. The molecule has 1 aromatic heterocycles. The molecule has 5 nitrogen and oxygen atoms in total. The Kier molecular flexibility index (Phi) is 5.61. The highest BCUT2D eigenvalue weighted by Crippen LogP contribution is 2.59. The van der Waals surface area contributed by atoms with Crippen LogP contribution in [0.1, 0.15) is 62.8 Å². The number of nitrogens with one attached hydrogen (secondary N) is 1. The summed E-state index contributed by atoms with van der Waals surface area (Å²) < 4.78 is 5.77. The van der Waals surface area contributed by atoms with Crippen LogP contribution in [0.4, 0.5) is 0 Å². The van der Waals surface area contributed by atoms with E-state index in [-0.39, 0.29) is 5.91 Å². The maximum absolute atomic E-state index is 12.5. The van der Waals surface area contributed by atoms with Crippen molar-refractivity contribution in [2.24, 2.45) is 23.2 Å². The van der Waals surface area contributed by atoms with Crippen LogP contribution in [0.3, 0.4) is 0 Å². The van der Waals surface area contributed by atoms with Crippen molar-refractivity contribution in [2.75, 3.05) is 12.3 Å². The van der Waals surface area contributed by atoms with E-state index in [1.54, 1.807) is 0 Å². The second-order valence-electron chi connectivity index (χ2n) is 9.96. The molecular formula is C24H31N3O2S. The van der Waals surface area contributed by atoms with Gasteiger partial charge in [-0.3, -0.25) is 4.79 Å². The summed E-state index contributed by atoms with van der Waals surface area (Å²) in [7, 11) is 0. The third-order valence-corrected chi connectivity index (χ3v) is 8.27. The molecule has 0 radical (unpaired) electrons. The molecule has 1 aromatic carbocycles. The van der Waals surface area contributed by atoms with E-state index in [0.717, 1.165) is 24.3 Å². The summed E-state index contributed by atoms with van der Waals surface area (Å²) >= 11 is 1.34. The van der Waals surface area contributed by atoms with Gasteiger partial charge < -0.3 is 9.73 Å². The number of thioether (sulfide) groups is 1. The van der Waals surface area contributed by atoms with Gasteiger partial charge in [-0.15, -0.1) is 10.2 Å². The van der Waals surface area contributed by atoms with Crippen molar-refractivity contribution in [2.45, 2.75) is 63.0 Å². The van der Waals surface area contributed by atoms with Crippen molar-refractivity contribution in [3.8, 4) is 0 Å². The van der Waals surface area contributed by atoms with Crippen molar-refractivity contribution in [3.63, 3.8) is 0 Å². The molecule has 4 bridgehead atoms. The summed E-state index contributed by atoms with van der Waals surface area (Å²) in [6.07, 6.45) is 8.97. The zero-order valence-corrected chi connectivity index (χ0v) is 18.5. The van der Waals surface area contributed by atoms with E-state index in [1.807, 2.05) is 18.2 Å². The van der Waals surface area contributed by atoms with Crippen LogP contribution in [0.25, 0.3) is 0 Å². The molecule has 0 spiro atoms. The van der Waals surface area contributed by atoms with Crippen LogP contribution in [0.2, 0.25) is 0 Å². The number of hydrogen-bond acceptors (Lipinski definition) is 5. The van der Waals surface area contributed by atoms with Gasteiger partial charge in [0.15, 0.2) is 0 Å². The van der Waals surface area contributed by atoms with Gasteiger partial charge in [0, 0.05) is 13.0 Å². The number of benzene rings is 1. The third kappa shape index (κ3) is 4.43. The third-order valence-electron chi connectivity index (χ3n) is 7.45. The predicted octanol–water partition coefficient (Wildman–Crippen LogP) is 4.84. The smallest absolute Gasteiger partial charge is 0.277 e. The lowest BCUT2D eigenvalue weighted by atomic mass is 9.49. The number of carbonyl (C=O) groups excluding carboxylic acids is 1. The van der Waals surface area contributed by atoms with E-state index in [0.29, 0.717) is 34.6 Å². The zero-order chi connectivity index (χ0) is 20.6. The van der Waals surface area contributed by atoms with Gasteiger partial charge >= 0.3 is 0 Å². The summed E-state index contributed by atoms with van der Waals surface area (Å²) in [6, 6.07) is 10.3. The molecule has 0 aliphatic heterocycles. The summed E-state index contributed by atoms with van der Waals surface area (Å²) in [6.45, 7) is 3.00. The molecule has 0 unspecified atom stereocenters. The Labute approximate surface area is 182 Å². The van der Waals surface area contributed by atoms with Gasteiger partial charge in [0.05, 0.1) is 5.75 Å². The highest BCUT2D eigenvalue weighted by Gasteiger charge is 2.50. The van der Waals surface area contributed by atoms with Crippen LogP contribution < -0.4 is 5.32 Å². The first kappa shape index (κ1) is 20.1. The molecule has 4 aliphatic carbocycles. The van der Waals surface area contributed by atoms with E-state index >= 15 is 0 Å². The average Bonchev–Trinajstić information content (AvgIpc) is 3.18. The fourth-order valence-electron chi connectivity index (χ4n) is 6.51. The van der Waals surface area contributed by atoms with Crippen LogP contribution in [-0.2, 0) is 11.2 Å². The second-order valence-corrected chi connectivity index (χ2v) is 10.9. The maximum atomic E-state index is 12.5. The summed E-state index contributed by atoms with van der Waals surface area (Å²) in [5, 5.41) is 12.0. The van der Waals surface area contributed by atoms with Crippen LogP contribution in [0.5, 0.6) is 0 Å². The quantitative estimate of drug-likeness (QED) is 0.613. The molecule has 30 heavy (non-hydrogen) atoms. The SMILES string of the molecule is C[C@H](Cc1nnc(SCC(=O)NCC23CC4CC(CC(C4)C2)C3)o1)c1ccccc1. The van der Waals surface area contributed by atoms with Crippen molar-refractivity contribution in [1.82, 2.24) is 15.5 Å². The molecule has 4 saturated carbocycles. The molecule has 160 valence electrons. The first-order valence-electron chi connectivity index (χ1n) is 11.3. The van der Waals surface area contributed by atoms with Crippen molar-refractivity contribution in [1.29, 1.82) is 0 Å². The molecular weight excluding hydrogens is 394 g/mol. The summed E-state index contributed by atoms with van der Waals surface area (Å²) in [4.78, 5) is 12.5. The normalized spacial score (nSPS) is 30.4. The largest absolute Gasteiger partial charge is 0.416 e. The zero-order valence-electron chi connectivity index (χ0n) is 17.7. The molecule has 1 amide bonds. The molecule has 2 aromatic rings. The van der Waals surface area contributed by atoms with Crippen LogP contribution >= 0.6 is 11.8 Å². The minimum absolute atomic E-state index is 0.0770. The maximum Gasteiger partial charge on any atom is 0.277 e. The summed E-state index contributed by atoms with van der Waals surface area (Å²) in [5.74, 6) is 4.10. The number of nitrogens with zero attached hydrogens (tertiary/aromatic N) is 2. The number of amides is 1. The summed E-state index contributed by atoms with van der Waals surface area (Å²) in [5.41, 5.74) is 1.63. The number of hydrogen-bond donors (Lipinski definition) is 1. The van der Waals surface area contributed by atoms with Crippen molar-refractivity contribution in [3.05, 3.63) is 41.8 Å². The molecule has 1 atom stereocenters. The Morgan fingerprint density at radius 2 is 1.80 bits per heavy atom. The van der Waals surface area contributed by atoms with Gasteiger partial charge in [-0.2, -0.15) is 0 Å². The Hall–Kier alpha value is -1.82. The Bertz CT molecular complexity index is 846. The van der Waals surface area contributed by atoms with Gasteiger partial charge in [-0.25, -0.2) is 0 Å². The van der Waals surface area contributed by atoms with E-state index in [9.17, 15) is 4.79 Å². The minimum atomic E-state index is 0.0770. The van der Waals surface area contributed by atoms with Gasteiger partial charge in [0.2, 0.25) is 11.8 Å². The van der Waals surface area contributed by atoms with Crippen LogP contribution in [0, 0.1) is 23.2 Å². The monoisotopic (exact) mass is 425 g/mol. The number of aromatic nitrogens is 2. The van der Waals surface area contributed by atoms with Crippen LogP contribution in [-0.4, -0.2) is 28.4 Å². The lowest BCUT2D eigenvalue weighted by Gasteiger charge is -2.56. The molecule has 6 rings (SSSR count). The van der Waals surface area contributed by atoms with E-state index in [1.165, 1.54) is 55.9 Å². The Morgan fingerprint density at radius 3 is 2.47 bits per heavy atom. The van der Waals surface area contributed by atoms with E-state index < -0.39 is 0 Å². The first-order chi connectivity index (χ1) is 14.6. The lowest BCUT2D eigenvalue weighted by Crippen LogP contribution is -2.51. The first-order valence-corrected chi connectivity index (χ1v) is 12.3. The lowest BCUT2D eigenvalue weighted by molar-refractivity contribution is -0.120. The number of carbonyl (C=O) groups is 1.